The zero-order valence-corrected chi connectivity index (χ0v) is 8.80. The standard InChI is InChI=1S/C12H12N2O2/c1-2-5-9(6-3-1)11-13-12(16-14-11)10-7-4-8-15-10/h1-3,5-6,10H,4,7-8H2/t10-/m1/s1. The lowest BCUT2D eigenvalue weighted by atomic mass is 10.2. The molecule has 2 heterocycles. The molecule has 1 aliphatic rings. The maximum absolute atomic E-state index is 5.49. The van der Waals surface area contributed by atoms with Crippen LogP contribution in [0.15, 0.2) is 34.9 Å². The smallest absolute Gasteiger partial charge is 0.256 e. The first-order valence-corrected chi connectivity index (χ1v) is 5.44. The van der Waals surface area contributed by atoms with E-state index in [1.54, 1.807) is 0 Å². The van der Waals surface area contributed by atoms with Gasteiger partial charge in [0.15, 0.2) is 0 Å². The van der Waals surface area contributed by atoms with Crippen LogP contribution in [0.5, 0.6) is 0 Å². The minimum atomic E-state index is -0.00929. The van der Waals surface area contributed by atoms with Gasteiger partial charge >= 0.3 is 0 Å². The molecule has 1 fully saturated rings. The fraction of sp³-hybridized carbons (Fsp3) is 0.333. The van der Waals surface area contributed by atoms with Gasteiger partial charge in [-0.2, -0.15) is 4.98 Å². The number of hydrogen-bond donors (Lipinski definition) is 0. The van der Waals surface area contributed by atoms with E-state index in [-0.39, 0.29) is 6.10 Å². The molecule has 2 aromatic rings. The third-order valence-electron chi connectivity index (χ3n) is 2.68. The van der Waals surface area contributed by atoms with E-state index in [2.05, 4.69) is 10.1 Å². The maximum atomic E-state index is 5.49. The molecule has 0 aliphatic carbocycles. The second-order valence-electron chi connectivity index (χ2n) is 3.82. The van der Waals surface area contributed by atoms with Gasteiger partial charge in [0.1, 0.15) is 6.10 Å². The summed E-state index contributed by atoms with van der Waals surface area (Å²) >= 11 is 0. The molecule has 1 saturated heterocycles. The lowest BCUT2D eigenvalue weighted by molar-refractivity contribution is 0.0835. The van der Waals surface area contributed by atoms with E-state index in [4.69, 9.17) is 9.26 Å². The van der Waals surface area contributed by atoms with Gasteiger partial charge in [0.2, 0.25) is 5.82 Å². The van der Waals surface area contributed by atoms with Gasteiger partial charge in [-0.25, -0.2) is 0 Å². The summed E-state index contributed by atoms with van der Waals surface area (Å²) in [7, 11) is 0. The normalized spacial score (nSPS) is 20.1. The monoisotopic (exact) mass is 216 g/mol. The highest BCUT2D eigenvalue weighted by Crippen LogP contribution is 2.28. The molecule has 1 atom stereocenters. The summed E-state index contributed by atoms with van der Waals surface area (Å²) in [6.45, 7) is 0.785. The minimum absolute atomic E-state index is 0.00929. The minimum Gasteiger partial charge on any atom is -0.368 e. The van der Waals surface area contributed by atoms with Gasteiger partial charge in [0, 0.05) is 12.2 Å². The summed E-state index contributed by atoms with van der Waals surface area (Å²) in [5.74, 6) is 1.22. The van der Waals surface area contributed by atoms with Crippen molar-refractivity contribution < 1.29 is 9.26 Å². The van der Waals surface area contributed by atoms with Gasteiger partial charge in [-0.15, -0.1) is 0 Å². The molecule has 4 nitrogen and oxygen atoms in total. The zero-order valence-electron chi connectivity index (χ0n) is 8.80. The molecular formula is C12H12N2O2. The van der Waals surface area contributed by atoms with E-state index in [9.17, 15) is 0 Å². The lowest BCUT2D eigenvalue weighted by Crippen LogP contribution is -1.95. The van der Waals surface area contributed by atoms with E-state index in [1.807, 2.05) is 30.3 Å². The van der Waals surface area contributed by atoms with Gasteiger partial charge in [0.25, 0.3) is 5.89 Å². The number of hydrogen-bond acceptors (Lipinski definition) is 4. The molecule has 0 unspecified atom stereocenters. The van der Waals surface area contributed by atoms with Crippen LogP contribution in [0.25, 0.3) is 11.4 Å². The van der Waals surface area contributed by atoms with Crippen LogP contribution in [0.4, 0.5) is 0 Å². The topological polar surface area (TPSA) is 48.2 Å². The van der Waals surface area contributed by atoms with Crippen LogP contribution in [0.1, 0.15) is 24.8 Å². The zero-order chi connectivity index (χ0) is 10.8. The summed E-state index contributed by atoms with van der Waals surface area (Å²) in [5, 5.41) is 3.96. The summed E-state index contributed by atoms with van der Waals surface area (Å²) in [4.78, 5) is 4.36. The second-order valence-corrected chi connectivity index (χ2v) is 3.82. The molecule has 1 aromatic heterocycles. The summed E-state index contributed by atoms with van der Waals surface area (Å²) < 4.78 is 10.7. The Balaban J connectivity index is 1.87. The second kappa shape index (κ2) is 4.06. The summed E-state index contributed by atoms with van der Waals surface area (Å²) in [5.41, 5.74) is 0.968. The Labute approximate surface area is 93.2 Å². The number of benzene rings is 1. The predicted octanol–water partition coefficient (Wildman–Crippen LogP) is 2.59. The fourth-order valence-corrected chi connectivity index (χ4v) is 1.84. The van der Waals surface area contributed by atoms with Crippen LogP contribution in [0, 0.1) is 0 Å². The highest BCUT2D eigenvalue weighted by atomic mass is 16.5. The fourth-order valence-electron chi connectivity index (χ4n) is 1.84. The van der Waals surface area contributed by atoms with E-state index >= 15 is 0 Å². The summed E-state index contributed by atoms with van der Waals surface area (Å²) in [6.07, 6.45) is 2.02. The van der Waals surface area contributed by atoms with Crippen LogP contribution in [0.2, 0.25) is 0 Å². The van der Waals surface area contributed by atoms with Crippen LogP contribution in [0.3, 0.4) is 0 Å². The number of ether oxygens (including phenoxy) is 1. The Kier molecular flexibility index (Phi) is 2.42. The van der Waals surface area contributed by atoms with E-state index in [1.165, 1.54) is 0 Å². The van der Waals surface area contributed by atoms with Crippen LogP contribution >= 0.6 is 0 Å². The first-order chi connectivity index (χ1) is 7.93. The Morgan fingerprint density at radius 2 is 2.06 bits per heavy atom. The number of nitrogens with zero attached hydrogens (tertiary/aromatic N) is 2. The highest BCUT2D eigenvalue weighted by molar-refractivity contribution is 5.53. The number of aromatic nitrogens is 2. The van der Waals surface area contributed by atoms with Gasteiger partial charge < -0.3 is 9.26 Å². The summed E-state index contributed by atoms with van der Waals surface area (Å²) in [6, 6.07) is 9.80. The molecule has 0 spiro atoms. The molecule has 0 amide bonds. The Morgan fingerprint density at radius 3 is 2.81 bits per heavy atom. The predicted molar refractivity (Wildman–Crippen MR) is 57.7 cm³/mol. The van der Waals surface area contributed by atoms with Gasteiger partial charge in [-0.05, 0) is 12.8 Å². The molecule has 0 saturated carbocycles. The molecule has 3 rings (SSSR count). The molecule has 0 bridgehead atoms. The van der Waals surface area contributed by atoms with Crippen molar-refractivity contribution in [1.29, 1.82) is 0 Å². The molecule has 82 valence electrons. The van der Waals surface area contributed by atoms with Crippen molar-refractivity contribution in [3.8, 4) is 11.4 Å². The SMILES string of the molecule is c1ccc(-c2noc([C@H]3CCCO3)n2)cc1. The van der Waals surface area contributed by atoms with Crippen LogP contribution in [-0.4, -0.2) is 16.7 Å². The highest BCUT2D eigenvalue weighted by Gasteiger charge is 2.23. The average molecular weight is 216 g/mol. The Morgan fingerprint density at radius 1 is 1.19 bits per heavy atom. The molecule has 1 aromatic carbocycles. The molecule has 16 heavy (non-hydrogen) atoms. The van der Waals surface area contributed by atoms with Crippen molar-refractivity contribution in [2.75, 3.05) is 6.61 Å². The van der Waals surface area contributed by atoms with Crippen LogP contribution in [-0.2, 0) is 4.74 Å². The van der Waals surface area contributed by atoms with Crippen molar-refractivity contribution in [2.24, 2.45) is 0 Å². The first-order valence-electron chi connectivity index (χ1n) is 5.44. The largest absolute Gasteiger partial charge is 0.368 e. The van der Waals surface area contributed by atoms with Crippen molar-refractivity contribution in [2.45, 2.75) is 18.9 Å². The molecule has 0 radical (unpaired) electrons. The molecule has 1 aliphatic heterocycles. The van der Waals surface area contributed by atoms with Gasteiger partial charge in [0.05, 0.1) is 0 Å². The number of rotatable bonds is 2. The van der Waals surface area contributed by atoms with Crippen molar-refractivity contribution >= 4 is 0 Å². The Bertz CT molecular complexity index is 461. The quantitative estimate of drug-likeness (QED) is 0.774. The Hall–Kier alpha value is -1.68. The van der Waals surface area contributed by atoms with Crippen molar-refractivity contribution in [3.63, 3.8) is 0 Å². The third kappa shape index (κ3) is 1.72. The average Bonchev–Trinajstić information content (AvgIpc) is 3.01. The van der Waals surface area contributed by atoms with Crippen LogP contribution < -0.4 is 0 Å². The van der Waals surface area contributed by atoms with E-state index in [0.29, 0.717) is 11.7 Å². The molecule has 4 heteroatoms. The molecule has 0 N–H and O–H groups in total. The van der Waals surface area contributed by atoms with Gasteiger partial charge in [-0.1, -0.05) is 35.5 Å². The lowest BCUT2D eigenvalue weighted by Gasteiger charge is -2.00. The van der Waals surface area contributed by atoms with Gasteiger partial charge in [-0.3, -0.25) is 0 Å². The molecular weight excluding hydrogens is 204 g/mol. The maximum Gasteiger partial charge on any atom is 0.256 e. The van der Waals surface area contributed by atoms with Crippen molar-refractivity contribution in [3.05, 3.63) is 36.2 Å². The third-order valence-corrected chi connectivity index (χ3v) is 2.68. The van der Waals surface area contributed by atoms with E-state index in [0.717, 1.165) is 25.0 Å². The van der Waals surface area contributed by atoms with E-state index < -0.39 is 0 Å². The first kappa shape index (κ1) is 9.54. The van der Waals surface area contributed by atoms with Crippen molar-refractivity contribution in [1.82, 2.24) is 10.1 Å².